The Morgan fingerprint density at radius 3 is 2.38 bits per heavy atom. The fraction of sp³-hybridized carbons (Fsp3) is 0.300. The molecule has 2 aromatic rings. The molecule has 0 bridgehead atoms. The molecule has 6 heteroatoms. The van der Waals surface area contributed by atoms with Crippen molar-refractivity contribution < 1.29 is 8.42 Å². The molecule has 1 heterocycles. The van der Waals surface area contributed by atoms with E-state index in [1.807, 2.05) is 43.0 Å². The standard InChI is InChI=1S/C20H23ClN2O2S/c1-4-17-7-8-18(20(21)13-17)14-22-11-12-23(16(22)3)26(24,25)19-9-5-15(2)6-10-19/h5-13,16H,4,14H2,1-3H3. The van der Waals surface area contributed by atoms with Crippen molar-refractivity contribution in [3.8, 4) is 0 Å². The molecule has 138 valence electrons. The van der Waals surface area contributed by atoms with E-state index in [0.29, 0.717) is 16.5 Å². The van der Waals surface area contributed by atoms with Gasteiger partial charge in [-0.3, -0.25) is 4.31 Å². The smallest absolute Gasteiger partial charge is 0.265 e. The molecule has 0 amide bonds. The zero-order chi connectivity index (χ0) is 18.9. The van der Waals surface area contributed by atoms with Crippen LogP contribution in [0.4, 0.5) is 0 Å². The zero-order valence-corrected chi connectivity index (χ0v) is 16.8. The van der Waals surface area contributed by atoms with E-state index < -0.39 is 10.0 Å². The molecule has 4 nitrogen and oxygen atoms in total. The molecule has 26 heavy (non-hydrogen) atoms. The Bertz CT molecular complexity index is 923. The highest BCUT2D eigenvalue weighted by molar-refractivity contribution is 7.89. The predicted octanol–water partition coefficient (Wildman–Crippen LogP) is 4.53. The van der Waals surface area contributed by atoms with Crippen molar-refractivity contribution >= 4 is 21.6 Å². The van der Waals surface area contributed by atoms with Gasteiger partial charge in [-0.2, -0.15) is 0 Å². The fourth-order valence-electron chi connectivity index (χ4n) is 2.98. The number of aryl methyl sites for hydroxylation is 2. The molecule has 0 aromatic heterocycles. The van der Waals surface area contributed by atoms with Crippen LogP contribution in [-0.4, -0.2) is 23.8 Å². The number of hydrogen-bond donors (Lipinski definition) is 0. The second-order valence-electron chi connectivity index (χ2n) is 6.53. The minimum Gasteiger partial charge on any atom is -0.351 e. The van der Waals surface area contributed by atoms with E-state index in [2.05, 4.69) is 13.0 Å². The highest BCUT2D eigenvalue weighted by Crippen LogP contribution is 2.28. The van der Waals surface area contributed by atoms with Gasteiger partial charge in [-0.25, -0.2) is 8.42 Å². The van der Waals surface area contributed by atoms with Crippen LogP contribution in [0.1, 0.15) is 30.5 Å². The summed E-state index contributed by atoms with van der Waals surface area (Å²) in [4.78, 5) is 2.27. The van der Waals surface area contributed by atoms with Crippen LogP contribution < -0.4 is 0 Å². The SMILES string of the molecule is CCc1ccc(CN2C=CN(S(=O)(=O)c3ccc(C)cc3)C2C)c(Cl)c1. The minimum atomic E-state index is -3.58. The predicted molar refractivity (Wildman–Crippen MR) is 105 cm³/mol. The Kier molecular flexibility index (Phi) is 5.30. The number of rotatable bonds is 5. The maximum Gasteiger partial charge on any atom is 0.265 e. The molecule has 0 spiro atoms. The number of sulfonamides is 1. The first-order chi connectivity index (χ1) is 12.3. The van der Waals surface area contributed by atoms with Gasteiger partial charge in [0, 0.05) is 24.0 Å². The van der Waals surface area contributed by atoms with Crippen molar-refractivity contribution in [2.24, 2.45) is 0 Å². The number of nitrogens with zero attached hydrogens (tertiary/aromatic N) is 2. The highest BCUT2D eigenvalue weighted by Gasteiger charge is 2.32. The molecule has 3 rings (SSSR count). The first kappa shape index (κ1) is 18.8. The molecule has 0 N–H and O–H groups in total. The zero-order valence-electron chi connectivity index (χ0n) is 15.2. The van der Waals surface area contributed by atoms with Crippen LogP contribution in [-0.2, 0) is 23.0 Å². The average Bonchev–Trinajstić information content (AvgIpc) is 2.98. The van der Waals surface area contributed by atoms with Gasteiger partial charge >= 0.3 is 0 Å². The van der Waals surface area contributed by atoms with Crippen LogP contribution in [0, 0.1) is 6.92 Å². The van der Waals surface area contributed by atoms with E-state index in [0.717, 1.165) is 17.5 Å². The van der Waals surface area contributed by atoms with Gasteiger partial charge in [0.2, 0.25) is 0 Å². The van der Waals surface area contributed by atoms with Crippen LogP contribution in [0.15, 0.2) is 59.8 Å². The van der Waals surface area contributed by atoms with Gasteiger partial charge in [-0.05, 0) is 49.6 Å². The van der Waals surface area contributed by atoms with E-state index in [1.165, 1.54) is 9.87 Å². The van der Waals surface area contributed by atoms with Gasteiger partial charge in [0.15, 0.2) is 0 Å². The summed E-state index contributed by atoms with van der Waals surface area (Å²) in [5.74, 6) is 0. The largest absolute Gasteiger partial charge is 0.351 e. The molecule has 1 aliphatic heterocycles. The molecule has 1 atom stereocenters. The molecule has 0 saturated heterocycles. The van der Waals surface area contributed by atoms with Crippen molar-refractivity contribution in [1.82, 2.24) is 9.21 Å². The summed E-state index contributed by atoms with van der Waals surface area (Å²) in [7, 11) is -3.58. The topological polar surface area (TPSA) is 40.6 Å². The van der Waals surface area contributed by atoms with Crippen molar-refractivity contribution in [1.29, 1.82) is 0 Å². The molecule has 2 aromatic carbocycles. The van der Waals surface area contributed by atoms with Crippen LogP contribution in [0.3, 0.4) is 0 Å². The maximum atomic E-state index is 12.9. The first-order valence-corrected chi connectivity index (χ1v) is 10.5. The molecule has 1 aliphatic rings. The molecule has 0 aliphatic carbocycles. The van der Waals surface area contributed by atoms with Gasteiger partial charge in [0.1, 0.15) is 6.17 Å². The van der Waals surface area contributed by atoms with Gasteiger partial charge in [0.05, 0.1) is 4.90 Å². The second-order valence-corrected chi connectivity index (χ2v) is 8.78. The lowest BCUT2D eigenvalue weighted by molar-refractivity contribution is 0.227. The Hall–Kier alpha value is -1.98. The molecule has 0 radical (unpaired) electrons. The quantitative estimate of drug-likeness (QED) is 0.752. The number of halogens is 1. The summed E-state index contributed by atoms with van der Waals surface area (Å²) >= 11 is 6.39. The fourth-order valence-corrected chi connectivity index (χ4v) is 4.70. The second kappa shape index (κ2) is 7.33. The lowest BCUT2D eigenvalue weighted by Gasteiger charge is -2.29. The van der Waals surface area contributed by atoms with Crippen molar-refractivity contribution in [3.05, 3.63) is 76.6 Å². The van der Waals surface area contributed by atoms with Gasteiger partial charge in [-0.15, -0.1) is 0 Å². The molecule has 1 unspecified atom stereocenters. The Labute approximate surface area is 160 Å². The molecule has 0 saturated carbocycles. The lowest BCUT2D eigenvalue weighted by Crippen LogP contribution is -2.39. The minimum absolute atomic E-state index is 0.298. The summed E-state index contributed by atoms with van der Waals surface area (Å²) in [6.45, 7) is 6.45. The van der Waals surface area contributed by atoms with Gasteiger partial charge in [0.25, 0.3) is 10.0 Å². The van der Waals surface area contributed by atoms with E-state index in [4.69, 9.17) is 11.6 Å². The van der Waals surface area contributed by atoms with E-state index in [-0.39, 0.29) is 6.17 Å². The summed E-state index contributed by atoms with van der Waals surface area (Å²) in [5.41, 5.74) is 3.20. The Morgan fingerprint density at radius 2 is 1.77 bits per heavy atom. The highest BCUT2D eigenvalue weighted by atomic mass is 35.5. The summed E-state index contributed by atoms with van der Waals surface area (Å²) < 4.78 is 27.2. The van der Waals surface area contributed by atoms with Crippen molar-refractivity contribution in [3.63, 3.8) is 0 Å². The summed E-state index contributed by atoms with van der Waals surface area (Å²) in [6, 6.07) is 13.0. The molecular formula is C20H23ClN2O2S. The van der Waals surface area contributed by atoms with Gasteiger partial charge < -0.3 is 4.90 Å². The van der Waals surface area contributed by atoms with E-state index in [1.54, 1.807) is 24.5 Å². The monoisotopic (exact) mass is 390 g/mol. The van der Waals surface area contributed by atoms with E-state index in [9.17, 15) is 8.42 Å². The molecule has 0 fully saturated rings. The summed E-state index contributed by atoms with van der Waals surface area (Å²) in [6.07, 6.45) is 4.04. The summed E-state index contributed by atoms with van der Waals surface area (Å²) in [5, 5.41) is 0.713. The van der Waals surface area contributed by atoms with Crippen LogP contribution in [0.5, 0.6) is 0 Å². The maximum absolute atomic E-state index is 12.9. The third kappa shape index (κ3) is 3.60. The van der Waals surface area contributed by atoms with Crippen molar-refractivity contribution in [2.75, 3.05) is 0 Å². The van der Waals surface area contributed by atoms with Gasteiger partial charge in [-0.1, -0.05) is 48.4 Å². The third-order valence-electron chi connectivity index (χ3n) is 4.73. The first-order valence-electron chi connectivity index (χ1n) is 8.64. The van der Waals surface area contributed by atoms with Crippen LogP contribution in [0.25, 0.3) is 0 Å². The normalized spacial score (nSPS) is 17.2. The van der Waals surface area contributed by atoms with Crippen LogP contribution >= 0.6 is 11.6 Å². The molecular weight excluding hydrogens is 368 g/mol. The van der Waals surface area contributed by atoms with E-state index >= 15 is 0 Å². The third-order valence-corrected chi connectivity index (χ3v) is 6.93. The van der Waals surface area contributed by atoms with Crippen molar-refractivity contribution in [2.45, 2.75) is 44.8 Å². The van der Waals surface area contributed by atoms with Crippen LogP contribution in [0.2, 0.25) is 5.02 Å². The number of benzene rings is 2. The lowest BCUT2D eigenvalue weighted by atomic mass is 10.1. The number of hydrogen-bond acceptors (Lipinski definition) is 3. The average molecular weight is 391 g/mol. The Morgan fingerprint density at radius 1 is 1.08 bits per heavy atom. The Balaban J connectivity index is 1.79.